The number of aliphatic hydroxyl groups is 1. The molecule has 0 fully saturated rings. The van der Waals surface area contributed by atoms with Crippen LogP contribution in [0.25, 0.3) is 0 Å². The lowest BCUT2D eigenvalue weighted by atomic mass is 10.00. The molecular weight excluding hydrogens is 460 g/mol. The minimum absolute atomic E-state index is 0.0628. The van der Waals surface area contributed by atoms with Gasteiger partial charge in [-0.25, -0.2) is 0 Å². The van der Waals surface area contributed by atoms with E-state index in [4.69, 9.17) is 0 Å². The second kappa shape index (κ2) is 12.3. The Morgan fingerprint density at radius 2 is 1.81 bits per heavy atom. The van der Waals surface area contributed by atoms with E-state index >= 15 is 0 Å². The van der Waals surface area contributed by atoms with Crippen molar-refractivity contribution in [2.45, 2.75) is 51.8 Å². The summed E-state index contributed by atoms with van der Waals surface area (Å²) in [6.45, 7) is 5.37. The summed E-state index contributed by atoms with van der Waals surface area (Å²) < 4.78 is 0. The summed E-state index contributed by atoms with van der Waals surface area (Å²) in [5.41, 5.74) is 2.77. The fraction of sp³-hybridized carbons (Fsp3) is 0.407. The lowest BCUT2D eigenvalue weighted by Crippen LogP contribution is -2.56. The Morgan fingerprint density at radius 3 is 2.50 bits per heavy atom. The van der Waals surface area contributed by atoms with Crippen LogP contribution in [0.2, 0.25) is 0 Å². The lowest BCUT2D eigenvalue weighted by molar-refractivity contribution is -0.126. The van der Waals surface area contributed by atoms with Crippen LogP contribution in [0.4, 0.5) is 0 Å². The summed E-state index contributed by atoms with van der Waals surface area (Å²) in [5.74, 6) is -1.69. The number of aryl methyl sites for hydroxylation is 2. The molecule has 3 rings (SSSR count). The van der Waals surface area contributed by atoms with Crippen LogP contribution in [0.1, 0.15) is 52.1 Å². The van der Waals surface area contributed by atoms with Crippen LogP contribution in [0, 0.1) is 6.92 Å². The van der Waals surface area contributed by atoms with Crippen molar-refractivity contribution in [2.75, 3.05) is 19.6 Å². The fourth-order valence-corrected chi connectivity index (χ4v) is 4.14. The smallest absolute Gasteiger partial charge is 0.254 e. The van der Waals surface area contributed by atoms with Gasteiger partial charge < -0.3 is 26.0 Å². The highest BCUT2D eigenvalue weighted by molar-refractivity contribution is 5.98. The molecule has 9 heteroatoms. The normalized spacial score (nSPS) is 21.0. The summed E-state index contributed by atoms with van der Waals surface area (Å²) in [5, 5.41) is 18.5. The minimum atomic E-state index is -1.19. The first-order chi connectivity index (χ1) is 17.2. The maximum atomic E-state index is 13.2. The third-order valence-electron chi connectivity index (χ3n) is 6.13. The highest BCUT2D eigenvalue weighted by atomic mass is 16.3. The predicted octanol–water partition coefficient (Wildman–Crippen LogP) is 1.18. The summed E-state index contributed by atoms with van der Waals surface area (Å²) >= 11 is 0. The average Bonchev–Trinajstić information content (AvgIpc) is 2.84. The molecule has 4 N–H and O–H groups in total. The van der Waals surface area contributed by atoms with Crippen molar-refractivity contribution in [3.63, 3.8) is 0 Å². The van der Waals surface area contributed by atoms with E-state index in [2.05, 4.69) is 16.0 Å². The zero-order chi connectivity index (χ0) is 26.2. The van der Waals surface area contributed by atoms with Crippen molar-refractivity contribution < 1.29 is 24.3 Å². The molecular formula is C27H34N4O5. The standard InChI is InChI=1S/C27H34N4O5/c1-17-11-12-22-14-21(17)10-7-13-28-23(33)16-31(27(36)20-8-5-4-6-9-20)15-18(2)29-26(35)24(19(3)32)30-25(22)34/h4-6,8-9,11-12,14,18-19,24,32H,7,10,13,15-16H2,1-3H3,(H,28,33)(H,29,35)(H,30,34)/t18-,19-,24+/m1/s1. The zero-order valence-electron chi connectivity index (χ0n) is 20.9. The Hall–Kier alpha value is -3.72. The summed E-state index contributed by atoms with van der Waals surface area (Å²) in [6.07, 6.45) is 0.134. The van der Waals surface area contributed by atoms with E-state index in [0.717, 1.165) is 11.1 Å². The first-order valence-electron chi connectivity index (χ1n) is 12.2. The Morgan fingerprint density at radius 1 is 1.08 bits per heavy atom. The topological polar surface area (TPSA) is 128 Å². The molecule has 0 unspecified atom stereocenters. The molecule has 3 atom stereocenters. The number of aliphatic hydroxyl groups excluding tert-OH is 1. The fourth-order valence-electron chi connectivity index (χ4n) is 4.14. The number of fused-ring (bicyclic) bond motifs is 2. The molecule has 36 heavy (non-hydrogen) atoms. The minimum Gasteiger partial charge on any atom is -0.391 e. The Balaban J connectivity index is 1.88. The van der Waals surface area contributed by atoms with Crippen molar-refractivity contribution in [3.8, 4) is 0 Å². The molecule has 1 aliphatic rings. The van der Waals surface area contributed by atoms with Crippen LogP contribution in [-0.4, -0.2) is 71.5 Å². The van der Waals surface area contributed by atoms with Gasteiger partial charge in [-0.2, -0.15) is 0 Å². The number of amides is 4. The van der Waals surface area contributed by atoms with Crippen LogP contribution in [-0.2, 0) is 16.0 Å². The number of nitrogens with zero attached hydrogens (tertiary/aromatic N) is 1. The van der Waals surface area contributed by atoms with Crippen LogP contribution in [0.5, 0.6) is 0 Å². The van der Waals surface area contributed by atoms with E-state index in [0.29, 0.717) is 30.5 Å². The number of nitrogens with one attached hydrogen (secondary N) is 3. The van der Waals surface area contributed by atoms with Crippen LogP contribution >= 0.6 is 0 Å². The van der Waals surface area contributed by atoms with E-state index in [1.54, 1.807) is 49.4 Å². The van der Waals surface area contributed by atoms with Gasteiger partial charge >= 0.3 is 0 Å². The highest BCUT2D eigenvalue weighted by Crippen LogP contribution is 2.14. The molecule has 4 amide bonds. The molecule has 0 saturated carbocycles. The number of hydrogen-bond donors (Lipinski definition) is 4. The molecule has 1 heterocycles. The molecule has 2 bridgehead atoms. The molecule has 1 aliphatic heterocycles. The van der Waals surface area contributed by atoms with E-state index in [1.807, 2.05) is 13.0 Å². The molecule has 2 aromatic carbocycles. The monoisotopic (exact) mass is 494 g/mol. The number of rotatable bonds is 2. The maximum Gasteiger partial charge on any atom is 0.254 e. The van der Waals surface area contributed by atoms with Gasteiger partial charge in [-0.1, -0.05) is 24.3 Å². The highest BCUT2D eigenvalue weighted by Gasteiger charge is 2.29. The third-order valence-corrected chi connectivity index (χ3v) is 6.13. The first kappa shape index (κ1) is 26.9. The van der Waals surface area contributed by atoms with Gasteiger partial charge in [0.05, 0.1) is 12.6 Å². The molecule has 192 valence electrons. The lowest BCUT2D eigenvalue weighted by Gasteiger charge is -2.28. The molecule has 0 radical (unpaired) electrons. The first-order valence-corrected chi connectivity index (χ1v) is 12.2. The van der Waals surface area contributed by atoms with Gasteiger partial charge in [0.25, 0.3) is 11.8 Å². The summed E-state index contributed by atoms with van der Waals surface area (Å²) in [6, 6.07) is 12.1. The van der Waals surface area contributed by atoms with E-state index in [9.17, 15) is 24.3 Å². The van der Waals surface area contributed by atoms with Gasteiger partial charge in [-0.15, -0.1) is 0 Å². The Labute approximate surface area is 211 Å². The van der Waals surface area contributed by atoms with Crippen LogP contribution in [0.3, 0.4) is 0 Å². The average molecular weight is 495 g/mol. The SMILES string of the molecule is Cc1ccc2cc1CCCNC(=O)CN(C(=O)c1ccccc1)C[C@@H](C)NC(=O)[C@H]([C@@H](C)O)NC2=O. The number of carbonyl (C=O) groups is 4. The molecule has 2 aromatic rings. The van der Waals surface area contributed by atoms with Crippen molar-refractivity contribution in [3.05, 3.63) is 70.8 Å². The Kier molecular flexibility index (Phi) is 9.19. The maximum absolute atomic E-state index is 13.2. The second-order valence-electron chi connectivity index (χ2n) is 9.25. The number of benzene rings is 2. The zero-order valence-corrected chi connectivity index (χ0v) is 20.9. The molecule has 9 nitrogen and oxygen atoms in total. The van der Waals surface area contributed by atoms with Crippen LogP contribution in [0.15, 0.2) is 48.5 Å². The van der Waals surface area contributed by atoms with Gasteiger partial charge in [0.15, 0.2) is 0 Å². The summed E-state index contributed by atoms with van der Waals surface area (Å²) in [7, 11) is 0. The van der Waals surface area contributed by atoms with Crippen molar-refractivity contribution in [1.82, 2.24) is 20.9 Å². The molecule has 0 saturated heterocycles. The van der Waals surface area contributed by atoms with Gasteiger partial charge in [-0.3, -0.25) is 19.2 Å². The largest absolute Gasteiger partial charge is 0.391 e. The third kappa shape index (κ3) is 7.14. The van der Waals surface area contributed by atoms with E-state index in [-0.39, 0.29) is 24.9 Å². The van der Waals surface area contributed by atoms with Gasteiger partial charge in [-0.05, 0) is 69.0 Å². The van der Waals surface area contributed by atoms with Crippen molar-refractivity contribution in [1.29, 1.82) is 0 Å². The number of carbonyl (C=O) groups excluding carboxylic acids is 4. The quantitative estimate of drug-likeness (QED) is 0.499. The summed E-state index contributed by atoms with van der Waals surface area (Å²) in [4.78, 5) is 53.1. The predicted molar refractivity (Wildman–Crippen MR) is 135 cm³/mol. The molecule has 0 aromatic heterocycles. The Bertz CT molecular complexity index is 1100. The molecule has 0 aliphatic carbocycles. The molecule has 0 spiro atoms. The van der Waals surface area contributed by atoms with Crippen molar-refractivity contribution >= 4 is 23.6 Å². The van der Waals surface area contributed by atoms with Crippen LogP contribution < -0.4 is 16.0 Å². The van der Waals surface area contributed by atoms with Crippen molar-refractivity contribution in [2.24, 2.45) is 0 Å². The second-order valence-corrected chi connectivity index (χ2v) is 9.25. The number of hydrogen-bond acceptors (Lipinski definition) is 5. The van der Waals surface area contributed by atoms with Gasteiger partial charge in [0.2, 0.25) is 11.8 Å². The van der Waals surface area contributed by atoms with Gasteiger partial charge in [0.1, 0.15) is 6.04 Å². The van der Waals surface area contributed by atoms with Gasteiger partial charge in [0, 0.05) is 30.3 Å². The van der Waals surface area contributed by atoms with E-state index in [1.165, 1.54) is 11.8 Å². The van der Waals surface area contributed by atoms with E-state index < -0.39 is 30.0 Å².